The van der Waals surface area contributed by atoms with Gasteiger partial charge in [0, 0.05) is 4.90 Å². The number of thioether (sulfide) groups is 1. The Labute approximate surface area is 137 Å². The number of thiophene rings is 1. The summed E-state index contributed by atoms with van der Waals surface area (Å²) < 4.78 is 5.00. The topological polar surface area (TPSA) is 55.4 Å². The number of nitrogens with one attached hydrogen (secondary N) is 1. The van der Waals surface area contributed by atoms with E-state index in [0.29, 0.717) is 22.0 Å². The summed E-state index contributed by atoms with van der Waals surface area (Å²) in [6.07, 6.45) is 1.93. The van der Waals surface area contributed by atoms with Gasteiger partial charge in [-0.3, -0.25) is 4.79 Å². The lowest BCUT2D eigenvalue weighted by molar-refractivity contribution is 0.0531. The molecule has 2 rings (SSSR count). The fraction of sp³-hybridized carbons (Fsp3) is 0.250. The maximum absolute atomic E-state index is 12.4. The number of anilines is 1. The Kier molecular flexibility index (Phi) is 5.63. The Morgan fingerprint density at radius 1 is 1.32 bits per heavy atom. The summed E-state index contributed by atoms with van der Waals surface area (Å²) >= 11 is 2.75. The highest BCUT2D eigenvalue weighted by atomic mass is 32.2. The molecule has 1 N–H and O–H groups in total. The van der Waals surface area contributed by atoms with Crippen LogP contribution in [0.2, 0.25) is 0 Å². The maximum atomic E-state index is 12.4. The van der Waals surface area contributed by atoms with Gasteiger partial charge in [0.05, 0.1) is 17.2 Å². The standard InChI is InChI=1S/C16H17NO3S2/c1-4-20-16(19)14-10(2)9-13(22-14)17-15(18)11-7-5-6-8-12(11)21-3/h5-9H,4H2,1-3H3,(H,17,18). The van der Waals surface area contributed by atoms with E-state index < -0.39 is 0 Å². The molecule has 6 heteroatoms. The van der Waals surface area contributed by atoms with Crippen LogP contribution in [0.25, 0.3) is 0 Å². The SMILES string of the molecule is CCOC(=O)c1sc(NC(=O)c2ccccc2SC)cc1C. The molecule has 0 aliphatic carbocycles. The second kappa shape index (κ2) is 7.47. The molecule has 0 saturated carbocycles. The van der Waals surface area contributed by atoms with E-state index in [1.807, 2.05) is 31.4 Å². The molecule has 0 radical (unpaired) electrons. The number of carbonyl (C=O) groups is 2. The molecular weight excluding hydrogens is 318 g/mol. The van der Waals surface area contributed by atoms with E-state index in [1.165, 1.54) is 23.1 Å². The first kappa shape index (κ1) is 16.6. The largest absolute Gasteiger partial charge is 0.462 e. The Balaban J connectivity index is 2.19. The first-order valence-electron chi connectivity index (χ1n) is 6.78. The van der Waals surface area contributed by atoms with E-state index in [9.17, 15) is 9.59 Å². The van der Waals surface area contributed by atoms with Crippen molar-refractivity contribution < 1.29 is 14.3 Å². The van der Waals surface area contributed by atoms with Crippen LogP contribution in [0.3, 0.4) is 0 Å². The zero-order valence-electron chi connectivity index (χ0n) is 12.6. The monoisotopic (exact) mass is 335 g/mol. The molecular formula is C16H17NO3S2. The molecule has 0 atom stereocenters. The summed E-state index contributed by atoms with van der Waals surface area (Å²) in [6.45, 7) is 3.93. The number of esters is 1. The van der Waals surface area contributed by atoms with Crippen LogP contribution in [0, 0.1) is 6.92 Å². The van der Waals surface area contributed by atoms with Crippen LogP contribution < -0.4 is 5.32 Å². The fourth-order valence-electron chi connectivity index (χ4n) is 1.95. The molecule has 116 valence electrons. The molecule has 0 fully saturated rings. The molecule has 0 spiro atoms. The van der Waals surface area contributed by atoms with Gasteiger partial charge < -0.3 is 10.1 Å². The van der Waals surface area contributed by atoms with Gasteiger partial charge >= 0.3 is 5.97 Å². The molecule has 1 amide bonds. The first-order valence-corrected chi connectivity index (χ1v) is 8.82. The smallest absolute Gasteiger partial charge is 0.348 e. The normalized spacial score (nSPS) is 10.3. The number of amides is 1. The Morgan fingerprint density at radius 3 is 2.73 bits per heavy atom. The highest BCUT2D eigenvalue weighted by Crippen LogP contribution is 2.28. The van der Waals surface area contributed by atoms with E-state index in [4.69, 9.17) is 4.74 Å². The van der Waals surface area contributed by atoms with Gasteiger partial charge in [0.1, 0.15) is 4.88 Å². The molecule has 1 aromatic heterocycles. The van der Waals surface area contributed by atoms with Gasteiger partial charge in [0.25, 0.3) is 5.91 Å². The number of benzene rings is 1. The van der Waals surface area contributed by atoms with Crippen LogP contribution in [0.15, 0.2) is 35.2 Å². The first-order chi connectivity index (χ1) is 10.6. The van der Waals surface area contributed by atoms with Gasteiger partial charge in [-0.2, -0.15) is 0 Å². The van der Waals surface area contributed by atoms with Crippen molar-refractivity contribution in [3.8, 4) is 0 Å². The third-order valence-corrected chi connectivity index (χ3v) is 4.90. The van der Waals surface area contributed by atoms with Crippen molar-refractivity contribution in [2.24, 2.45) is 0 Å². The summed E-state index contributed by atoms with van der Waals surface area (Å²) in [6, 6.07) is 9.21. The maximum Gasteiger partial charge on any atom is 0.348 e. The van der Waals surface area contributed by atoms with Crippen LogP contribution >= 0.6 is 23.1 Å². The van der Waals surface area contributed by atoms with Crippen LogP contribution in [0.1, 0.15) is 32.5 Å². The highest BCUT2D eigenvalue weighted by Gasteiger charge is 2.17. The lowest BCUT2D eigenvalue weighted by Gasteiger charge is -2.06. The van der Waals surface area contributed by atoms with E-state index >= 15 is 0 Å². The number of hydrogen-bond donors (Lipinski definition) is 1. The zero-order chi connectivity index (χ0) is 16.1. The van der Waals surface area contributed by atoms with E-state index in [2.05, 4.69) is 5.32 Å². The molecule has 0 aliphatic rings. The van der Waals surface area contributed by atoms with Gasteiger partial charge in [-0.1, -0.05) is 12.1 Å². The van der Waals surface area contributed by atoms with E-state index in [1.54, 1.807) is 19.1 Å². The number of hydrogen-bond acceptors (Lipinski definition) is 5. The number of carbonyl (C=O) groups excluding carboxylic acids is 2. The molecule has 0 saturated heterocycles. The zero-order valence-corrected chi connectivity index (χ0v) is 14.3. The van der Waals surface area contributed by atoms with Crippen molar-refractivity contribution in [2.45, 2.75) is 18.7 Å². The van der Waals surface area contributed by atoms with Crippen molar-refractivity contribution in [3.05, 3.63) is 46.3 Å². The van der Waals surface area contributed by atoms with Crippen molar-refractivity contribution in [1.82, 2.24) is 0 Å². The lowest BCUT2D eigenvalue weighted by Crippen LogP contribution is -2.11. The van der Waals surface area contributed by atoms with Gasteiger partial charge in [-0.25, -0.2) is 4.79 Å². The Bertz CT molecular complexity index is 694. The predicted molar refractivity (Wildman–Crippen MR) is 91.2 cm³/mol. The molecule has 0 unspecified atom stereocenters. The van der Waals surface area contributed by atoms with Crippen LogP contribution in [-0.2, 0) is 4.74 Å². The van der Waals surface area contributed by atoms with Crippen molar-refractivity contribution in [3.63, 3.8) is 0 Å². The number of rotatable bonds is 5. The molecule has 0 aliphatic heterocycles. The lowest BCUT2D eigenvalue weighted by atomic mass is 10.2. The summed E-state index contributed by atoms with van der Waals surface area (Å²) in [5, 5.41) is 3.49. The average molecular weight is 335 g/mol. The molecule has 4 nitrogen and oxygen atoms in total. The van der Waals surface area contributed by atoms with E-state index in [-0.39, 0.29) is 11.9 Å². The summed E-state index contributed by atoms with van der Waals surface area (Å²) in [5.41, 5.74) is 1.43. The van der Waals surface area contributed by atoms with E-state index in [0.717, 1.165) is 10.5 Å². The second-order valence-electron chi connectivity index (χ2n) is 4.50. The number of aryl methyl sites for hydroxylation is 1. The molecule has 22 heavy (non-hydrogen) atoms. The van der Waals surface area contributed by atoms with Gasteiger partial charge in [0.15, 0.2) is 0 Å². The predicted octanol–water partition coefficient (Wildman–Crippen LogP) is 4.21. The quantitative estimate of drug-likeness (QED) is 0.657. The number of ether oxygens (including phenoxy) is 1. The minimum absolute atomic E-state index is 0.179. The van der Waals surface area contributed by atoms with Crippen molar-refractivity contribution in [2.75, 3.05) is 18.2 Å². The summed E-state index contributed by atoms with van der Waals surface area (Å²) in [4.78, 5) is 25.6. The van der Waals surface area contributed by atoms with Crippen molar-refractivity contribution in [1.29, 1.82) is 0 Å². The second-order valence-corrected chi connectivity index (χ2v) is 6.40. The minimum atomic E-state index is -0.352. The Hall–Kier alpha value is -1.79. The third-order valence-electron chi connectivity index (χ3n) is 2.97. The summed E-state index contributed by atoms with van der Waals surface area (Å²) in [7, 11) is 0. The highest BCUT2D eigenvalue weighted by molar-refractivity contribution is 7.98. The molecule has 1 heterocycles. The van der Waals surface area contributed by atoms with Crippen LogP contribution in [-0.4, -0.2) is 24.7 Å². The Morgan fingerprint density at radius 2 is 2.05 bits per heavy atom. The molecule has 1 aromatic carbocycles. The summed E-state index contributed by atoms with van der Waals surface area (Å²) in [5.74, 6) is -0.531. The molecule has 0 bridgehead atoms. The van der Waals surface area contributed by atoms with Gasteiger partial charge in [0.2, 0.25) is 0 Å². The van der Waals surface area contributed by atoms with Gasteiger partial charge in [-0.15, -0.1) is 23.1 Å². The van der Waals surface area contributed by atoms with Crippen LogP contribution in [0.4, 0.5) is 5.00 Å². The minimum Gasteiger partial charge on any atom is -0.462 e. The molecule has 2 aromatic rings. The van der Waals surface area contributed by atoms with Gasteiger partial charge in [-0.05, 0) is 43.9 Å². The fourth-order valence-corrected chi connectivity index (χ4v) is 3.51. The average Bonchev–Trinajstić information content (AvgIpc) is 2.88. The third kappa shape index (κ3) is 3.69. The van der Waals surface area contributed by atoms with Crippen LogP contribution in [0.5, 0.6) is 0 Å². The van der Waals surface area contributed by atoms with Crippen molar-refractivity contribution >= 4 is 40.0 Å².